The molecule has 0 radical (unpaired) electrons. The molecule has 96 valence electrons. The van der Waals surface area contributed by atoms with Crippen LogP contribution in [-0.4, -0.2) is 18.6 Å². The lowest BCUT2D eigenvalue weighted by Gasteiger charge is -2.26. The molecule has 0 aliphatic rings. The van der Waals surface area contributed by atoms with Gasteiger partial charge in [-0.05, 0) is 44.7 Å². The standard InChI is InChI=1S/C15H19NO2/c1-5-8-14(17)16-15(2,3)11-12-9-6-7-10-13(12)18-4/h6-7,9-10H,11H2,1-4H3,(H,16,17). The number of ether oxygens (including phenoxy) is 1. The minimum absolute atomic E-state index is 0.252. The second kappa shape index (κ2) is 6.11. The average molecular weight is 245 g/mol. The molecule has 0 aromatic heterocycles. The highest BCUT2D eigenvalue weighted by Gasteiger charge is 2.21. The summed E-state index contributed by atoms with van der Waals surface area (Å²) in [7, 11) is 1.65. The summed E-state index contributed by atoms with van der Waals surface area (Å²) in [6.07, 6.45) is 0.689. The summed E-state index contributed by atoms with van der Waals surface area (Å²) < 4.78 is 5.30. The fourth-order valence-corrected chi connectivity index (χ4v) is 1.82. The van der Waals surface area contributed by atoms with E-state index in [1.807, 2.05) is 38.1 Å². The Morgan fingerprint density at radius 3 is 2.67 bits per heavy atom. The Balaban J connectivity index is 2.80. The predicted octanol–water partition coefficient (Wildman–Crippen LogP) is 2.16. The normalized spacial score (nSPS) is 10.2. The number of hydrogen-bond acceptors (Lipinski definition) is 2. The summed E-state index contributed by atoms with van der Waals surface area (Å²) in [6.45, 7) is 5.58. The van der Waals surface area contributed by atoms with Crippen LogP contribution >= 0.6 is 0 Å². The Morgan fingerprint density at radius 1 is 1.39 bits per heavy atom. The highest BCUT2D eigenvalue weighted by atomic mass is 16.5. The number of amides is 1. The van der Waals surface area contributed by atoms with Crippen molar-refractivity contribution in [3.8, 4) is 17.6 Å². The monoisotopic (exact) mass is 245 g/mol. The molecule has 1 N–H and O–H groups in total. The van der Waals surface area contributed by atoms with Gasteiger partial charge in [0.1, 0.15) is 5.75 Å². The summed E-state index contributed by atoms with van der Waals surface area (Å²) in [4.78, 5) is 11.5. The van der Waals surface area contributed by atoms with Gasteiger partial charge in [0.15, 0.2) is 0 Å². The van der Waals surface area contributed by atoms with Gasteiger partial charge in [-0.2, -0.15) is 0 Å². The van der Waals surface area contributed by atoms with Crippen LogP contribution < -0.4 is 10.1 Å². The van der Waals surface area contributed by atoms with E-state index < -0.39 is 0 Å². The van der Waals surface area contributed by atoms with E-state index in [-0.39, 0.29) is 11.4 Å². The Morgan fingerprint density at radius 2 is 2.06 bits per heavy atom. The molecule has 3 nitrogen and oxygen atoms in total. The van der Waals surface area contributed by atoms with E-state index in [1.54, 1.807) is 14.0 Å². The summed E-state index contributed by atoms with van der Waals surface area (Å²) in [5.41, 5.74) is 0.699. The lowest BCUT2D eigenvalue weighted by Crippen LogP contribution is -2.44. The molecule has 0 heterocycles. The second-order valence-electron chi connectivity index (χ2n) is 4.70. The Kier molecular flexibility index (Phi) is 4.79. The molecule has 0 atom stereocenters. The summed E-state index contributed by atoms with van der Waals surface area (Å²) in [5, 5.41) is 2.89. The van der Waals surface area contributed by atoms with Crippen LogP contribution in [0.3, 0.4) is 0 Å². The van der Waals surface area contributed by atoms with E-state index in [4.69, 9.17) is 4.74 Å². The fourth-order valence-electron chi connectivity index (χ4n) is 1.82. The third-order valence-electron chi connectivity index (χ3n) is 2.52. The number of benzene rings is 1. The van der Waals surface area contributed by atoms with Gasteiger partial charge in [0, 0.05) is 5.54 Å². The smallest absolute Gasteiger partial charge is 0.296 e. The van der Waals surface area contributed by atoms with Gasteiger partial charge in [-0.3, -0.25) is 4.79 Å². The SMILES string of the molecule is CC#CC(=O)NC(C)(C)Cc1ccccc1OC. The minimum atomic E-state index is -0.366. The molecule has 0 saturated carbocycles. The van der Waals surface area contributed by atoms with Crippen LogP contribution in [0, 0.1) is 11.8 Å². The van der Waals surface area contributed by atoms with Crippen molar-refractivity contribution in [1.82, 2.24) is 5.32 Å². The second-order valence-corrected chi connectivity index (χ2v) is 4.70. The molecular formula is C15H19NO2. The maximum Gasteiger partial charge on any atom is 0.296 e. The van der Waals surface area contributed by atoms with Crippen LogP contribution in [0.2, 0.25) is 0 Å². The van der Waals surface area contributed by atoms with Crippen molar-refractivity contribution >= 4 is 5.91 Å². The predicted molar refractivity (Wildman–Crippen MR) is 72.4 cm³/mol. The third kappa shape index (κ3) is 4.14. The number of para-hydroxylation sites is 1. The van der Waals surface area contributed by atoms with E-state index in [1.165, 1.54) is 0 Å². The van der Waals surface area contributed by atoms with Gasteiger partial charge in [0.2, 0.25) is 0 Å². The maximum atomic E-state index is 11.5. The maximum absolute atomic E-state index is 11.5. The quantitative estimate of drug-likeness (QED) is 0.825. The van der Waals surface area contributed by atoms with Crippen molar-refractivity contribution < 1.29 is 9.53 Å². The van der Waals surface area contributed by atoms with Gasteiger partial charge in [0.05, 0.1) is 7.11 Å². The lowest BCUT2D eigenvalue weighted by atomic mass is 9.94. The molecule has 0 fully saturated rings. The molecule has 0 aliphatic heterocycles. The molecular weight excluding hydrogens is 226 g/mol. The first-order chi connectivity index (χ1) is 8.48. The molecule has 0 spiro atoms. The van der Waals surface area contributed by atoms with E-state index in [9.17, 15) is 4.79 Å². The number of methoxy groups -OCH3 is 1. The molecule has 1 amide bonds. The Hall–Kier alpha value is -1.95. The van der Waals surface area contributed by atoms with Crippen LogP contribution in [0.5, 0.6) is 5.75 Å². The molecule has 18 heavy (non-hydrogen) atoms. The summed E-state index contributed by atoms with van der Waals surface area (Å²) in [5.74, 6) is 5.66. The largest absolute Gasteiger partial charge is 0.496 e. The first kappa shape index (κ1) is 14.1. The minimum Gasteiger partial charge on any atom is -0.496 e. The molecule has 1 rings (SSSR count). The molecule has 0 bridgehead atoms. The van der Waals surface area contributed by atoms with Crippen molar-refractivity contribution in [2.24, 2.45) is 0 Å². The molecule has 0 saturated heterocycles. The van der Waals surface area contributed by atoms with Gasteiger partial charge in [-0.25, -0.2) is 0 Å². The van der Waals surface area contributed by atoms with Crippen LogP contribution in [0.4, 0.5) is 0 Å². The Bertz CT molecular complexity index is 481. The Labute approximate surface area is 109 Å². The first-order valence-electron chi connectivity index (χ1n) is 5.85. The topological polar surface area (TPSA) is 38.3 Å². The summed E-state index contributed by atoms with van der Waals surface area (Å²) >= 11 is 0. The zero-order valence-corrected chi connectivity index (χ0v) is 11.3. The van der Waals surface area contributed by atoms with Crippen LogP contribution in [0.1, 0.15) is 26.3 Å². The number of rotatable bonds is 4. The zero-order valence-electron chi connectivity index (χ0n) is 11.3. The van der Waals surface area contributed by atoms with Crippen molar-refractivity contribution in [2.75, 3.05) is 7.11 Å². The molecule has 0 unspecified atom stereocenters. The van der Waals surface area contributed by atoms with Gasteiger partial charge in [-0.15, -0.1) is 0 Å². The van der Waals surface area contributed by atoms with Crippen LogP contribution in [0.25, 0.3) is 0 Å². The van der Waals surface area contributed by atoms with E-state index in [0.29, 0.717) is 6.42 Å². The molecule has 1 aromatic carbocycles. The van der Waals surface area contributed by atoms with Crippen molar-refractivity contribution in [3.05, 3.63) is 29.8 Å². The molecule has 3 heteroatoms. The number of hydrogen-bond donors (Lipinski definition) is 1. The first-order valence-corrected chi connectivity index (χ1v) is 5.85. The van der Waals surface area contributed by atoms with Crippen molar-refractivity contribution in [1.29, 1.82) is 0 Å². The lowest BCUT2D eigenvalue weighted by molar-refractivity contribution is -0.117. The average Bonchev–Trinajstić information content (AvgIpc) is 2.28. The van der Waals surface area contributed by atoms with Crippen molar-refractivity contribution in [3.63, 3.8) is 0 Å². The number of carbonyl (C=O) groups excluding carboxylic acids is 1. The molecule has 1 aromatic rings. The van der Waals surface area contributed by atoms with Crippen molar-refractivity contribution in [2.45, 2.75) is 32.7 Å². The van der Waals surface area contributed by atoms with Gasteiger partial charge < -0.3 is 10.1 Å². The van der Waals surface area contributed by atoms with Crippen LogP contribution in [0.15, 0.2) is 24.3 Å². The highest BCUT2D eigenvalue weighted by molar-refractivity contribution is 5.93. The zero-order chi connectivity index (χ0) is 13.6. The van der Waals surface area contributed by atoms with Crippen LogP contribution in [-0.2, 0) is 11.2 Å². The van der Waals surface area contributed by atoms with E-state index in [0.717, 1.165) is 11.3 Å². The third-order valence-corrected chi connectivity index (χ3v) is 2.52. The van der Waals surface area contributed by atoms with Gasteiger partial charge in [0.25, 0.3) is 5.91 Å². The van der Waals surface area contributed by atoms with E-state index in [2.05, 4.69) is 17.2 Å². The fraction of sp³-hybridized carbons (Fsp3) is 0.400. The highest BCUT2D eigenvalue weighted by Crippen LogP contribution is 2.22. The van der Waals surface area contributed by atoms with E-state index >= 15 is 0 Å². The van der Waals surface area contributed by atoms with Gasteiger partial charge >= 0.3 is 0 Å². The van der Waals surface area contributed by atoms with Gasteiger partial charge in [-0.1, -0.05) is 24.1 Å². The molecule has 0 aliphatic carbocycles. The number of nitrogens with one attached hydrogen (secondary N) is 1. The number of carbonyl (C=O) groups is 1. The summed E-state index contributed by atoms with van der Waals surface area (Å²) in [6, 6.07) is 7.80.